The Bertz CT molecular complexity index is 758. The van der Waals surface area contributed by atoms with E-state index in [9.17, 15) is 14.0 Å². The van der Waals surface area contributed by atoms with E-state index in [4.69, 9.17) is 0 Å². The molecule has 25 heavy (non-hydrogen) atoms. The van der Waals surface area contributed by atoms with Gasteiger partial charge in [0.15, 0.2) is 0 Å². The number of piperidine rings is 1. The molecule has 0 saturated carbocycles. The smallest absolute Gasteiger partial charge is 0.273 e. The van der Waals surface area contributed by atoms with Crippen LogP contribution in [-0.2, 0) is 0 Å². The molecule has 2 aromatic rings. The van der Waals surface area contributed by atoms with Crippen LogP contribution in [0.1, 0.15) is 40.0 Å². The van der Waals surface area contributed by atoms with Crippen molar-refractivity contribution in [2.45, 2.75) is 19.3 Å². The third-order valence-electron chi connectivity index (χ3n) is 4.08. The number of nitrogens with one attached hydrogen (secondary N) is 2. The standard InChI is InChI=1S/C18H19FN4O2/c19-14-8-6-13(7-9-14)17(24)21-22-18(25)15-5-4-10-20-16(15)23-11-2-1-3-12-23/h4-10H,1-3,11-12H2,(H,21,24)(H,22,25). The molecular formula is C18H19FN4O2. The van der Waals surface area contributed by atoms with Gasteiger partial charge >= 0.3 is 0 Å². The first kappa shape index (κ1) is 16.9. The molecule has 1 aliphatic rings. The van der Waals surface area contributed by atoms with Gasteiger partial charge in [0.2, 0.25) is 0 Å². The van der Waals surface area contributed by atoms with E-state index in [0.717, 1.165) is 25.9 Å². The summed E-state index contributed by atoms with van der Waals surface area (Å²) in [6.07, 6.45) is 4.97. The number of nitrogens with zero attached hydrogens (tertiary/aromatic N) is 2. The van der Waals surface area contributed by atoms with Crippen LogP contribution in [0.2, 0.25) is 0 Å². The monoisotopic (exact) mass is 342 g/mol. The number of carbonyl (C=O) groups is 2. The molecule has 2 heterocycles. The maximum atomic E-state index is 12.9. The summed E-state index contributed by atoms with van der Waals surface area (Å²) in [7, 11) is 0. The highest BCUT2D eigenvalue weighted by Crippen LogP contribution is 2.21. The molecule has 0 aliphatic carbocycles. The summed E-state index contributed by atoms with van der Waals surface area (Å²) < 4.78 is 12.9. The highest BCUT2D eigenvalue weighted by Gasteiger charge is 2.20. The maximum absolute atomic E-state index is 12.9. The number of rotatable bonds is 3. The summed E-state index contributed by atoms with van der Waals surface area (Å²) in [6.45, 7) is 1.72. The predicted molar refractivity (Wildman–Crippen MR) is 91.6 cm³/mol. The Labute approximate surface area is 145 Å². The van der Waals surface area contributed by atoms with Gasteiger partial charge in [-0.3, -0.25) is 20.4 Å². The van der Waals surface area contributed by atoms with Crippen molar-refractivity contribution in [2.24, 2.45) is 0 Å². The summed E-state index contributed by atoms with van der Waals surface area (Å²) in [6, 6.07) is 8.43. The first-order valence-corrected chi connectivity index (χ1v) is 8.21. The molecule has 1 aromatic carbocycles. The predicted octanol–water partition coefficient (Wildman–Crippen LogP) is 2.29. The summed E-state index contributed by atoms with van der Waals surface area (Å²) in [5.74, 6) is -0.765. The van der Waals surface area contributed by atoms with E-state index in [1.165, 1.54) is 30.7 Å². The molecule has 2 amide bonds. The Morgan fingerprint density at radius 2 is 1.64 bits per heavy atom. The lowest BCUT2D eigenvalue weighted by atomic mass is 10.1. The minimum absolute atomic E-state index is 0.254. The Morgan fingerprint density at radius 1 is 0.960 bits per heavy atom. The molecule has 1 saturated heterocycles. The van der Waals surface area contributed by atoms with Crippen LogP contribution in [0.15, 0.2) is 42.6 Å². The van der Waals surface area contributed by atoms with Gasteiger partial charge in [-0.25, -0.2) is 9.37 Å². The molecular weight excluding hydrogens is 323 g/mol. The zero-order valence-corrected chi connectivity index (χ0v) is 13.7. The van der Waals surface area contributed by atoms with Crippen LogP contribution in [-0.4, -0.2) is 29.9 Å². The number of anilines is 1. The molecule has 0 spiro atoms. The van der Waals surface area contributed by atoms with Gasteiger partial charge in [-0.2, -0.15) is 0 Å². The highest BCUT2D eigenvalue weighted by atomic mass is 19.1. The molecule has 1 aliphatic heterocycles. The van der Waals surface area contributed by atoms with Crippen LogP contribution in [0.4, 0.5) is 10.2 Å². The lowest BCUT2D eigenvalue weighted by molar-refractivity contribution is 0.0846. The minimum atomic E-state index is -0.517. The molecule has 1 fully saturated rings. The van der Waals surface area contributed by atoms with Crippen molar-refractivity contribution < 1.29 is 14.0 Å². The van der Waals surface area contributed by atoms with Gasteiger partial charge in [-0.05, 0) is 55.7 Å². The fraction of sp³-hybridized carbons (Fsp3) is 0.278. The first-order chi connectivity index (χ1) is 12.1. The van der Waals surface area contributed by atoms with Gasteiger partial charge in [0.1, 0.15) is 11.6 Å². The van der Waals surface area contributed by atoms with Crippen LogP contribution in [0, 0.1) is 5.82 Å². The topological polar surface area (TPSA) is 74.3 Å². The van der Waals surface area contributed by atoms with Crippen molar-refractivity contribution in [1.82, 2.24) is 15.8 Å². The van der Waals surface area contributed by atoms with Crippen molar-refractivity contribution >= 4 is 17.6 Å². The number of halogens is 1. The quantitative estimate of drug-likeness (QED) is 0.840. The number of amides is 2. The van der Waals surface area contributed by atoms with E-state index >= 15 is 0 Å². The van der Waals surface area contributed by atoms with Crippen molar-refractivity contribution in [3.63, 3.8) is 0 Å². The van der Waals surface area contributed by atoms with Gasteiger partial charge in [0.05, 0.1) is 5.56 Å². The first-order valence-electron chi connectivity index (χ1n) is 8.21. The zero-order chi connectivity index (χ0) is 17.6. The third-order valence-corrected chi connectivity index (χ3v) is 4.08. The number of hydrazine groups is 1. The van der Waals surface area contributed by atoms with E-state index in [1.807, 2.05) is 0 Å². The Hall–Kier alpha value is -2.96. The van der Waals surface area contributed by atoms with Crippen molar-refractivity contribution in [3.8, 4) is 0 Å². The lowest BCUT2D eigenvalue weighted by Crippen LogP contribution is -2.42. The van der Waals surface area contributed by atoms with Crippen LogP contribution in [0.3, 0.4) is 0 Å². The molecule has 1 aromatic heterocycles. The van der Waals surface area contributed by atoms with Crippen LogP contribution in [0.5, 0.6) is 0 Å². The lowest BCUT2D eigenvalue weighted by Gasteiger charge is -2.29. The normalized spacial score (nSPS) is 14.0. The van der Waals surface area contributed by atoms with Gasteiger partial charge in [-0.15, -0.1) is 0 Å². The Balaban J connectivity index is 1.67. The van der Waals surface area contributed by atoms with E-state index in [1.54, 1.807) is 18.3 Å². The highest BCUT2D eigenvalue weighted by molar-refractivity contribution is 6.01. The number of hydrogen-bond donors (Lipinski definition) is 2. The van der Waals surface area contributed by atoms with Crippen LogP contribution < -0.4 is 15.8 Å². The van der Waals surface area contributed by atoms with E-state index in [0.29, 0.717) is 11.4 Å². The molecule has 0 bridgehead atoms. The second-order valence-corrected chi connectivity index (χ2v) is 5.84. The number of carbonyl (C=O) groups excluding carboxylic acids is 2. The molecule has 0 unspecified atom stereocenters. The second kappa shape index (κ2) is 7.74. The number of aromatic nitrogens is 1. The largest absolute Gasteiger partial charge is 0.356 e. The van der Waals surface area contributed by atoms with Crippen LogP contribution >= 0.6 is 0 Å². The third kappa shape index (κ3) is 4.12. The fourth-order valence-corrected chi connectivity index (χ4v) is 2.79. The molecule has 130 valence electrons. The summed E-state index contributed by atoms with van der Waals surface area (Å²) >= 11 is 0. The number of benzene rings is 1. The Kier molecular flexibility index (Phi) is 5.23. The molecule has 0 radical (unpaired) electrons. The average molecular weight is 342 g/mol. The SMILES string of the molecule is O=C(NNC(=O)c1cccnc1N1CCCCC1)c1ccc(F)cc1. The molecule has 2 N–H and O–H groups in total. The zero-order valence-electron chi connectivity index (χ0n) is 13.7. The van der Waals surface area contributed by atoms with Crippen molar-refractivity contribution in [1.29, 1.82) is 0 Å². The van der Waals surface area contributed by atoms with E-state index < -0.39 is 17.6 Å². The summed E-state index contributed by atoms with van der Waals surface area (Å²) in [5.41, 5.74) is 5.39. The number of hydrogen-bond acceptors (Lipinski definition) is 4. The van der Waals surface area contributed by atoms with E-state index in [2.05, 4.69) is 20.7 Å². The fourth-order valence-electron chi connectivity index (χ4n) is 2.79. The molecule has 3 rings (SSSR count). The van der Waals surface area contributed by atoms with Gasteiger partial charge < -0.3 is 4.90 Å². The average Bonchev–Trinajstić information content (AvgIpc) is 2.67. The van der Waals surface area contributed by atoms with Gasteiger partial charge in [0.25, 0.3) is 11.8 Å². The molecule has 6 nitrogen and oxygen atoms in total. The summed E-state index contributed by atoms with van der Waals surface area (Å²) in [4.78, 5) is 30.9. The van der Waals surface area contributed by atoms with Crippen LogP contribution in [0.25, 0.3) is 0 Å². The maximum Gasteiger partial charge on any atom is 0.273 e. The second-order valence-electron chi connectivity index (χ2n) is 5.84. The molecule has 0 atom stereocenters. The number of pyridine rings is 1. The van der Waals surface area contributed by atoms with Crippen molar-refractivity contribution in [2.75, 3.05) is 18.0 Å². The van der Waals surface area contributed by atoms with Crippen molar-refractivity contribution in [3.05, 3.63) is 59.5 Å². The molecule has 7 heteroatoms. The van der Waals surface area contributed by atoms with Gasteiger partial charge in [-0.1, -0.05) is 0 Å². The Morgan fingerprint density at radius 3 is 2.36 bits per heavy atom. The van der Waals surface area contributed by atoms with Gasteiger partial charge in [0, 0.05) is 24.8 Å². The minimum Gasteiger partial charge on any atom is -0.356 e. The summed E-state index contributed by atoms with van der Waals surface area (Å²) in [5, 5.41) is 0. The van der Waals surface area contributed by atoms with E-state index in [-0.39, 0.29) is 5.56 Å².